The molecule has 0 spiro atoms. The number of carbonyl (C=O) groups is 1. The third-order valence-electron chi connectivity index (χ3n) is 3.13. The van der Waals surface area contributed by atoms with Crippen molar-refractivity contribution in [1.29, 1.82) is 0 Å². The normalized spacial score (nSPS) is 16.6. The maximum atomic E-state index is 12.4. The molecule has 0 bridgehead atoms. The van der Waals surface area contributed by atoms with Crippen LogP contribution in [0.4, 0.5) is 0 Å². The van der Waals surface area contributed by atoms with Crippen LogP contribution in [0.5, 0.6) is 0 Å². The molecule has 0 aromatic heterocycles. The summed E-state index contributed by atoms with van der Waals surface area (Å²) in [6, 6.07) is 6.13. The fraction of sp³-hybridized carbons (Fsp3) is 0.533. The third-order valence-corrected chi connectivity index (χ3v) is 4.89. The first kappa shape index (κ1) is 16.9. The van der Waals surface area contributed by atoms with Gasteiger partial charge in [-0.15, -0.1) is 0 Å². The first-order valence-electron chi connectivity index (χ1n) is 7.20. The summed E-state index contributed by atoms with van der Waals surface area (Å²) >= 11 is 0. The van der Waals surface area contributed by atoms with Gasteiger partial charge in [0.2, 0.25) is 10.0 Å². The Hall–Kier alpha value is -1.44. The monoisotopic (exact) mass is 326 g/mol. The van der Waals surface area contributed by atoms with Crippen molar-refractivity contribution >= 4 is 15.9 Å². The fourth-order valence-electron chi connectivity index (χ4n) is 2.21. The number of carbonyl (C=O) groups excluding carboxylic acids is 1. The number of sulfonamides is 1. The van der Waals surface area contributed by atoms with E-state index in [1.807, 2.05) is 0 Å². The zero-order valence-electron chi connectivity index (χ0n) is 13.1. The van der Waals surface area contributed by atoms with E-state index in [2.05, 4.69) is 4.72 Å². The molecule has 122 valence electrons. The van der Waals surface area contributed by atoms with Crippen LogP contribution in [-0.4, -0.2) is 51.1 Å². The topological polar surface area (TPSA) is 75.7 Å². The van der Waals surface area contributed by atoms with Gasteiger partial charge in [-0.25, -0.2) is 13.1 Å². The van der Waals surface area contributed by atoms with Gasteiger partial charge in [-0.1, -0.05) is 6.07 Å². The molecule has 0 radical (unpaired) electrons. The molecule has 1 fully saturated rings. The lowest BCUT2D eigenvalue weighted by Crippen LogP contribution is -2.41. The number of hydrogen-bond acceptors (Lipinski definition) is 4. The lowest BCUT2D eigenvalue weighted by atomic mass is 10.1. The zero-order valence-corrected chi connectivity index (χ0v) is 13.9. The molecule has 0 atom stereocenters. The largest absolute Gasteiger partial charge is 0.378 e. The minimum atomic E-state index is -3.65. The molecular weight excluding hydrogens is 304 g/mol. The molecule has 2 rings (SSSR count). The van der Waals surface area contributed by atoms with E-state index in [9.17, 15) is 13.2 Å². The van der Waals surface area contributed by atoms with Crippen LogP contribution < -0.4 is 4.72 Å². The Bertz CT molecular complexity index is 644. The smallest absolute Gasteiger partial charge is 0.254 e. The highest BCUT2D eigenvalue weighted by molar-refractivity contribution is 7.89. The van der Waals surface area contributed by atoms with Crippen molar-refractivity contribution in [2.75, 3.05) is 26.3 Å². The van der Waals surface area contributed by atoms with E-state index < -0.39 is 15.6 Å². The Morgan fingerprint density at radius 2 is 1.86 bits per heavy atom. The maximum absolute atomic E-state index is 12.4. The van der Waals surface area contributed by atoms with Gasteiger partial charge in [0.1, 0.15) is 0 Å². The molecule has 1 saturated heterocycles. The minimum absolute atomic E-state index is 0.0986. The Morgan fingerprint density at radius 1 is 1.23 bits per heavy atom. The highest BCUT2D eigenvalue weighted by Gasteiger charge is 2.24. The molecule has 1 N–H and O–H groups in total. The summed E-state index contributed by atoms with van der Waals surface area (Å²) in [4.78, 5) is 14.2. The summed E-state index contributed by atoms with van der Waals surface area (Å²) in [5.74, 6) is -0.170. The van der Waals surface area contributed by atoms with E-state index in [4.69, 9.17) is 4.74 Å². The van der Waals surface area contributed by atoms with Crippen LogP contribution in [0.3, 0.4) is 0 Å². The number of benzene rings is 1. The maximum Gasteiger partial charge on any atom is 0.254 e. The molecular formula is C15H22N2O4S. The van der Waals surface area contributed by atoms with Gasteiger partial charge < -0.3 is 9.64 Å². The second kappa shape index (κ2) is 6.36. The first-order chi connectivity index (χ1) is 10.2. The van der Waals surface area contributed by atoms with Gasteiger partial charge in [-0.3, -0.25) is 4.79 Å². The van der Waals surface area contributed by atoms with Crippen LogP contribution in [0, 0.1) is 0 Å². The van der Waals surface area contributed by atoms with Gasteiger partial charge in [0.05, 0.1) is 18.1 Å². The van der Waals surface area contributed by atoms with Gasteiger partial charge in [0, 0.05) is 24.2 Å². The molecule has 1 heterocycles. The number of morpholine rings is 1. The van der Waals surface area contributed by atoms with Crippen molar-refractivity contribution in [2.24, 2.45) is 0 Å². The summed E-state index contributed by atoms with van der Waals surface area (Å²) in [5.41, 5.74) is -0.207. The third kappa shape index (κ3) is 4.28. The van der Waals surface area contributed by atoms with Gasteiger partial charge in [0.15, 0.2) is 0 Å². The van der Waals surface area contributed by atoms with E-state index in [0.717, 1.165) is 0 Å². The molecule has 1 amide bonds. The Labute approximate surface area is 131 Å². The number of nitrogens with one attached hydrogen (secondary N) is 1. The quantitative estimate of drug-likeness (QED) is 0.906. The predicted octanol–water partition coefficient (Wildman–Crippen LogP) is 1.24. The average Bonchev–Trinajstić information content (AvgIpc) is 2.45. The standard InChI is InChI=1S/C15H22N2O4S/c1-15(2,3)16-22(19,20)13-6-4-5-12(11-13)14(18)17-7-9-21-10-8-17/h4-6,11,16H,7-10H2,1-3H3. The van der Waals surface area contributed by atoms with Crippen molar-refractivity contribution in [2.45, 2.75) is 31.2 Å². The second-order valence-corrected chi connectivity index (χ2v) is 7.97. The van der Waals surface area contributed by atoms with Crippen LogP contribution in [0.25, 0.3) is 0 Å². The SMILES string of the molecule is CC(C)(C)NS(=O)(=O)c1cccc(C(=O)N2CCOCC2)c1. The highest BCUT2D eigenvalue weighted by atomic mass is 32.2. The summed E-state index contributed by atoms with van der Waals surface area (Å²) in [6.07, 6.45) is 0. The number of rotatable bonds is 3. The molecule has 0 aliphatic carbocycles. The lowest BCUT2D eigenvalue weighted by Gasteiger charge is -2.27. The Balaban J connectivity index is 2.24. The van der Waals surface area contributed by atoms with Crippen LogP contribution >= 0.6 is 0 Å². The van der Waals surface area contributed by atoms with E-state index in [0.29, 0.717) is 31.9 Å². The van der Waals surface area contributed by atoms with Gasteiger partial charge >= 0.3 is 0 Å². The van der Waals surface area contributed by atoms with Gasteiger partial charge in [-0.05, 0) is 39.0 Å². The average molecular weight is 326 g/mol. The van der Waals surface area contributed by atoms with Crippen LogP contribution in [0.15, 0.2) is 29.2 Å². The first-order valence-corrected chi connectivity index (χ1v) is 8.68. The van der Waals surface area contributed by atoms with Crippen LogP contribution in [-0.2, 0) is 14.8 Å². The van der Waals surface area contributed by atoms with E-state index in [1.54, 1.807) is 37.8 Å². The minimum Gasteiger partial charge on any atom is -0.378 e. The number of ether oxygens (including phenoxy) is 1. The molecule has 0 unspecified atom stereocenters. The van der Waals surface area contributed by atoms with Crippen molar-refractivity contribution in [1.82, 2.24) is 9.62 Å². The molecule has 0 saturated carbocycles. The summed E-state index contributed by atoms with van der Waals surface area (Å²) in [6.45, 7) is 7.38. The van der Waals surface area contributed by atoms with E-state index in [1.165, 1.54) is 12.1 Å². The van der Waals surface area contributed by atoms with Crippen molar-refractivity contribution < 1.29 is 17.9 Å². The van der Waals surface area contributed by atoms with Crippen molar-refractivity contribution in [3.63, 3.8) is 0 Å². The molecule has 1 aliphatic rings. The second-order valence-electron chi connectivity index (χ2n) is 6.29. The van der Waals surface area contributed by atoms with Crippen LogP contribution in [0.1, 0.15) is 31.1 Å². The summed E-state index contributed by atoms with van der Waals surface area (Å²) < 4.78 is 32.5. The fourth-order valence-corrected chi connectivity index (χ4v) is 3.67. The van der Waals surface area contributed by atoms with Gasteiger partial charge in [-0.2, -0.15) is 0 Å². The Morgan fingerprint density at radius 3 is 2.45 bits per heavy atom. The molecule has 1 aliphatic heterocycles. The van der Waals surface area contributed by atoms with Crippen molar-refractivity contribution in [3.8, 4) is 0 Å². The van der Waals surface area contributed by atoms with E-state index in [-0.39, 0.29) is 10.8 Å². The lowest BCUT2D eigenvalue weighted by molar-refractivity contribution is 0.0302. The Kier molecular flexibility index (Phi) is 4.89. The number of nitrogens with zero attached hydrogens (tertiary/aromatic N) is 1. The molecule has 6 nitrogen and oxygen atoms in total. The number of amides is 1. The number of hydrogen-bond donors (Lipinski definition) is 1. The summed E-state index contributed by atoms with van der Waals surface area (Å²) in [5, 5.41) is 0. The van der Waals surface area contributed by atoms with Crippen molar-refractivity contribution in [3.05, 3.63) is 29.8 Å². The van der Waals surface area contributed by atoms with Crippen LogP contribution in [0.2, 0.25) is 0 Å². The highest BCUT2D eigenvalue weighted by Crippen LogP contribution is 2.16. The van der Waals surface area contributed by atoms with Gasteiger partial charge in [0.25, 0.3) is 5.91 Å². The molecule has 1 aromatic rings. The van der Waals surface area contributed by atoms with E-state index >= 15 is 0 Å². The summed E-state index contributed by atoms with van der Waals surface area (Å²) in [7, 11) is -3.65. The molecule has 22 heavy (non-hydrogen) atoms. The molecule has 1 aromatic carbocycles. The molecule has 7 heteroatoms. The zero-order chi connectivity index (χ0) is 16.4. The predicted molar refractivity (Wildman–Crippen MR) is 83.2 cm³/mol.